The highest BCUT2D eigenvalue weighted by Gasteiger charge is 2.04. The van der Waals surface area contributed by atoms with E-state index in [1.54, 1.807) is 12.1 Å². The molecule has 0 atom stereocenters. The Morgan fingerprint density at radius 2 is 1.95 bits per heavy atom. The highest BCUT2D eigenvalue weighted by Crippen LogP contribution is 2.09. The molecule has 0 aromatic carbocycles. The number of hydrogen-bond acceptors (Lipinski definition) is 3. The van der Waals surface area contributed by atoms with Crippen molar-refractivity contribution in [2.24, 2.45) is 0 Å². The zero-order chi connectivity index (χ0) is 14.8. The van der Waals surface area contributed by atoms with Gasteiger partial charge in [0, 0.05) is 6.42 Å². The van der Waals surface area contributed by atoms with Crippen molar-refractivity contribution in [1.29, 1.82) is 0 Å². The van der Waals surface area contributed by atoms with E-state index in [2.05, 4.69) is 17.2 Å². The number of nitrogens with one attached hydrogen (secondary N) is 1. The molecule has 0 saturated heterocycles. The van der Waals surface area contributed by atoms with Crippen LogP contribution in [-0.4, -0.2) is 22.0 Å². The number of aliphatic carboxylic acids is 1. The number of unbranched alkanes of at least 4 members (excludes halogenated alkanes) is 4. The number of rotatable bonds is 9. The standard InChI is InChI=1S/C15H22N2O3/c1-2-3-4-5-6-7-14(18)17-13-9-8-12(16-11-13)10-15(19)20/h8-9,11H,2-7,10H2,1H3,(H,17,18)(H,19,20). The van der Waals surface area contributed by atoms with Crippen molar-refractivity contribution in [2.75, 3.05) is 5.32 Å². The molecule has 0 unspecified atom stereocenters. The maximum atomic E-state index is 11.7. The lowest BCUT2D eigenvalue weighted by Gasteiger charge is -2.05. The number of amides is 1. The van der Waals surface area contributed by atoms with E-state index < -0.39 is 5.97 Å². The number of pyridine rings is 1. The summed E-state index contributed by atoms with van der Waals surface area (Å²) in [5, 5.41) is 11.4. The quantitative estimate of drug-likeness (QED) is 0.680. The lowest BCUT2D eigenvalue weighted by atomic mass is 10.1. The Morgan fingerprint density at radius 3 is 2.55 bits per heavy atom. The van der Waals surface area contributed by atoms with Gasteiger partial charge in [0.2, 0.25) is 5.91 Å². The highest BCUT2D eigenvalue weighted by atomic mass is 16.4. The average Bonchev–Trinajstić information content (AvgIpc) is 2.40. The van der Waals surface area contributed by atoms with Gasteiger partial charge in [0.15, 0.2) is 0 Å². The van der Waals surface area contributed by atoms with Crippen molar-refractivity contribution >= 4 is 17.6 Å². The molecule has 0 bridgehead atoms. The summed E-state index contributed by atoms with van der Waals surface area (Å²) in [6, 6.07) is 3.30. The zero-order valence-electron chi connectivity index (χ0n) is 11.9. The lowest BCUT2D eigenvalue weighted by Crippen LogP contribution is -2.11. The first kappa shape index (κ1) is 16.1. The van der Waals surface area contributed by atoms with Gasteiger partial charge >= 0.3 is 5.97 Å². The van der Waals surface area contributed by atoms with Crippen molar-refractivity contribution in [3.8, 4) is 0 Å². The number of anilines is 1. The number of hydrogen-bond donors (Lipinski definition) is 2. The number of aromatic nitrogens is 1. The van der Waals surface area contributed by atoms with E-state index in [1.807, 2.05) is 0 Å². The minimum atomic E-state index is -0.915. The van der Waals surface area contributed by atoms with Crippen LogP contribution in [0.25, 0.3) is 0 Å². The minimum absolute atomic E-state index is 0.0192. The first-order valence-electron chi connectivity index (χ1n) is 7.08. The molecule has 1 rings (SSSR count). The Hall–Kier alpha value is -1.91. The van der Waals surface area contributed by atoms with E-state index >= 15 is 0 Å². The molecule has 0 aliphatic carbocycles. The first-order valence-corrected chi connectivity index (χ1v) is 7.08. The summed E-state index contributed by atoms with van der Waals surface area (Å²) in [6.07, 6.45) is 7.47. The van der Waals surface area contributed by atoms with Crippen LogP contribution in [0.3, 0.4) is 0 Å². The van der Waals surface area contributed by atoms with E-state index in [9.17, 15) is 9.59 Å². The molecule has 1 aromatic heterocycles. The van der Waals surface area contributed by atoms with Crippen LogP contribution in [0.4, 0.5) is 5.69 Å². The summed E-state index contributed by atoms with van der Waals surface area (Å²) in [5.74, 6) is -0.935. The van der Waals surface area contributed by atoms with E-state index in [4.69, 9.17) is 5.11 Å². The maximum Gasteiger partial charge on any atom is 0.309 e. The summed E-state index contributed by atoms with van der Waals surface area (Å²) in [7, 11) is 0. The van der Waals surface area contributed by atoms with Gasteiger partial charge in [0.05, 0.1) is 24.0 Å². The second kappa shape index (κ2) is 9.07. The van der Waals surface area contributed by atoms with E-state index in [0.29, 0.717) is 17.8 Å². The van der Waals surface area contributed by atoms with Gasteiger partial charge in [-0.2, -0.15) is 0 Å². The first-order chi connectivity index (χ1) is 9.61. The van der Waals surface area contributed by atoms with E-state index in [-0.39, 0.29) is 12.3 Å². The van der Waals surface area contributed by atoms with Gasteiger partial charge in [0.25, 0.3) is 0 Å². The molecule has 5 nitrogen and oxygen atoms in total. The molecule has 0 aliphatic heterocycles. The second-order valence-electron chi connectivity index (χ2n) is 4.82. The monoisotopic (exact) mass is 278 g/mol. The van der Waals surface area contributed by atoms with Gasteiger partial charge < -0.3 is 10.4 Å². The Bertz CT molecular complexity index is 429. The van der Waals surface area contributed by atoms with Crippen molar-refractivity contribution in [3.05, 3.63) is 24.0 Å². The van der Waals surface area contributed by atoms with Crippen LogP contribution in [0.2, 0.25) is 0 Å². The van der Waals surface area contributed by atoms with Crippen molar-refractivity contribution in [2.45, 2.75) is 51.9 Å². The molecule has 110 valence electrons. The molecular formula is C15H22N2O3. The van der Waals surface area contributed by atoms with Crippen LogP contribution < -0.4 is 5.32 Å². The fraction of sp³-hybridized carbons (Fsp3) is 0.533. The van der Waals surface area contributed by atoms with Gasteiger partial charge in [-0.25, -0.2) is 0 Å². The largest absolute Gasteiger partial charge is 0.481 e. The summed E-state index contributed by atoms with van der Waals surface area (Å²) in [6.45, 7) is 2.16. The fourth-order valence-corrected chi connectivity index (χ4v) is 1.87. The van der Waals surface area contributed by atoms with Gasteiger partial charge in [-0.05, 0) is 18.6 Å². The van der Waals surface area contributed by atoms with Crippen molar-refractivity contribution in [1.82, 2.24) is 4.98 Å². The Morgan fingerprint density at radius 1 is 1.20 bits per heavy atom. The SMILES string of the molecule is CCCCCCCC(=O)Nc1ccc(CC(=O)O)nc1. The van der Waals surface area contributed by atoms with Crippen LogP contribution in [0.1, 0.15) is 51.1 Å². The average molecular weight is 278 g/mol. The topological polar surface area (TPSA) is 79.3 Å². The number of carboxylic acids is 1. The third kappa shape index (κ3) is 6.87. The second-order valence-corrected chi connectivity index (χ2v) is 4.82. The Balaban J connectivity index is 2.29. The molecule has 20 heavy (non-hydrogen) atoms. The molecule has 0 radical (unpaired) electrons. The van der Waals surface area contributed by atoms with Crippen LogP contribution in [-0.2, 0) is 16.0 Å². The molecule has 0 aliphatic rings. The number of carboxylic acid groups (broad SMARTS) is 1. The molecule has 1 heterocycles. The third-order valence-corrected chi connectivity index (χ3v) is 2.95. The maximum absolute atomic E-state index is 11.7. The van der Waals surface area contributed by atoms with Gasteiger partial charge in [0.1, 0.15) is 0 Å². The van der Waals surface area contributed by atoms with Gasteiger partial charge in [-0.1, -0.05) is 32.6 Å². The smallest absolute Gasteiger partial charge is 0.309 e. The molecular weight excluding hydrogens is 256 g/mol. The predicted octanol–water partition coefficient (Wildman–Crippen LogP) is 3.01. The van der Waals surface area contributed by atoms with Crippen LogP contribution >= 0.6 is 0 Å². The number of carbonyl (C=O) groups is 2. The summed E-state index contributed by atoms with van der Waals surface area (Å²) in [4.78, 5) is 26.2. The van der Waals surface area contributed by atoms with Crippen LogP contribution in [0.15, 0.2) is 18.3 Å². The number of carbonyl (C=O) groups excluding carboxylic acids is 1. The molecule has 0 saturated carbocycles. The van der Waals surface area contributed by atoms with Crippen LogP contribution in [0.5, 0.6) is 0 Å². The molecule has 0 fully saturated rings. The zero-order valence-corrected chi connectivity index (χ0v) is 11.9. The predicted molar refractivity (Wildman–Crippen MR) is 77.6 cm³/mol. The normalized spacial score (nSPS) is 10.2. The van der Waals surface area contributed by atoms with Gasteiger partial charge in [-0.15, -0.1) is 0 Å². The third-order valence-electron chi connectivity index (χ3n) is 2.95. The highest BCUT2D eigenvalue weighted by molar-refractivity contribution is 5.90. The molecule has 0 spiro atoms. The Labute approximate surface area is 119 Å². The molecule has 5 heteroatoms. The summed E-state index contributed by atoms with van der Waals surface area (Å²) >= 11 is 0. The molecule has 1 amide bonds. The minimum Gasteiger partial charge on any atom is -0.481 e. The lowest BCUT2D eigenvalue weighted by molar-refractivity contribution is -0.136. The van der Waals surface area contributed by atoms with Gasteiger partial charge in [-0.3, -0.25) is 14.6 Å². The van der Waals surface area contributed by atoms with Crippen molar-refractivity contribution in [3.63, 3.8) is 0 Å². The van der Waals surface area contributed by atoms with E-state index in [1.165, 1.54) is 25.5 Å². The fourth-order valence-electron chi connectivity index (χ4n) is 1.87. The van der Waals surface area contributed by atoms with E-state index in [0.717, 1.165) is 12.8 Å². The molecule has 1 aromatic rings. The summed E-state index contributed by atoms with van der Waals surface area (Å²) in [5.41, 5.74) is 1.09. The number of nitrogens with zero attached hydrogens (tertiary/aromatic N) is 1. The van der Waals surface area contributed by atoms with Crippen LogP contribution in [0, 0.1) is 0 Å². The Kier molecular flexibility index (Phi) is 7.32. The molecule has 2 N–H and O–H groups in total. The van der Waals surface area contributed by atoms with Crippen molar-refractivity contribution < 1.29 is 14.7 Å². The summed E-state index contributed by atoms with van der Waals surface area (Å²) < 4.78 is 0.